The van der Waals surface area contributed by atoms with E-state index in [0.717, 1.165) is 38.4 Å². The van der Waals surface area contributed by atoms with E-state index < -0.39 is 17.3 Å². The highest BCUT2D eigenvalue weighted by Gasteiger charge is 2.46. The van der Waals surface area contributed by atoms with Crippen molar-refractivity contribution in [3.05, 3.63) is 0 Å². The van der Waals surface area contributed by atoms with Crippen LogP contribution in [0.2, 0.25) is 18.6 Å². The molecular weight excluding hydrogens is 306 g/mol. The van der Waals surface area contributed by atoms with Crippen LogP contribution in [0, 0.1) is 0 Å². The van der Waals surface area contributed by atoms with Gasteiger partial charge >= 0.3 is 17.3 Å². The van der Waals surface area contributed by atoms with E-state index in [2.05, 4.69) is 11.1 Å². The van der Waals surface area contributed by atoms with Crippen molar-refractivity contribution >= 4 is 17.3 Å². The molecule has 0 unspecified atom stereocenters. The van der Waals surface area contributed by atoms with Crippen molar-refractivity contribution < 1.29 is 22.4 Å². The molecule has 0 aromatic heterocycles. The second-order valence-corrected chi connectivity index (χ2v) is 11.9. The first-order chi connectivity index (χ1) is 10.1. The lowest BCUT2D eigenvalue weighted by molar-refractivity contribution is 0.0403. The zero-order chi connectivity index (χ0) is 15.8. The van der Waals surface area contributed by atoms with Gasteiger partial charge in [0.15, 0.2) is 0 Å². The molecule has 21 heavy (non-hydrogen) atoms. The van der Waals surface area contributed by atoms with Gasteiger partial charge in [0.05, 0.1) is 13.2 Å². The minimum absolute atomic E-state index is 0.689. The lowest BCUT2D eigenvalue weighted by Crippen LogP contribution is -2.61. The highest BCUT2D eigenvalue weighted by Crippen LogP contribution is 2.26. The van der Waals surface area contributed by atoms with Crippen LogP contribution >= 0.6 is 0 Å². The van der Waals surface area contributed by atoms with Gasteiger partial charge in [0.2, 0.25) is 0 Å². The SMILES string of the molecule is CCO[Si](C)(CC[Si](OC)(OC)N1CCOCC1)OCC. The molecule has 0 amide bonds. The Morgan fingerprint density at radius 2 is 1.48 bits per heavy atom. The summed E-state index contributed by atoms with van der Waals surface area (Å²) in [5.41, 5.74) is 0. The molecule has 1 fully saturated rings. The average molecular weight is 338 g/mol. The van der Waals surface area contributed by atoms with E-state index in [9.17, 15) is 0 Å². The van der Waals surface area contributed by atoms with Gasteiger partial charge in [-0.05, 0) is 26.4 Å². The maximum Gasteiger partial charge on any atom is 0.427 e. The molecule has 1 aliphatic rings. The fraction of sp³-hybridized carbons (Fsp3) is 1.00. The van der Waals surface area contributed by atoms with Crippen LogP contribution in [0.4, 0.5) is 0 Å². The van der Waals surface area contributed by atoms with E-state index in [1.54, 1.807) is 14.2 Å². The summed E-state index contributed by atoms with van der Waals surface area (Å²) in [7, 11) is -1.01. The minimum atomic E-state index is -2.38. The third kappa shape index (κ3) is 5.40. The highest BCUT2D eigenvalue weighted by molar-refractivity contribution is 6.71. The zero-order valence-corrected chi connectivity index (χ0v) is 16.1. The third-order valence-electron chi connectivity index (χ3n) is 3.93. The van der Waals surface area contributed by atoms with Crippen LogP contribution in [-0.4, -0.2) is 75.6 Å². The molecule has 0 atom stereocenters. The molecule has 0 N–H and O–H groups in total. The lowest BCUT2D eigenvalue weighted by Gasteiger charge is -2.41. The van der Waals surface area contributed by atoms with E-state index >= 15 is 0 Å². The first kappa shape index (κ1) is 19.2. The molecule has 0 radical (unpaired) electrons. The van der Waals surface area contributed by atoms with Crippen molar-refractivity contribution in [3.63, 3.8) is 0 Å². The summed E-state index contributed by atoms with van der Waals surface area (Å²) in [5.74, 6) is 0. The Morgan fingerprint density at radius 1 is 0.952 bits per heavy atom. The summed E-state index contributed by atoms with van der Waals surface area (Å²) in [6.07, 6.45) is 0. The number of hydrogen-bond acceptors (Lipinski definition) is 6. The number of morpholine rings is 1. The van der Waals surface area contributed by atoms with Crippen LogP contribution in [-0.2, 0) is 22.4 Å². The van der Waals surface area contributed by atoms with Crippen molar-refractivity contribution in [1.29, 1.82) is 0 Å². The topological polar surface area (TPSA) is 49.4 Å². The molecule has 0 bridgehead atoms. The van der Waals surface area contributed by atoms with Gasteiger partial charge in [-0.25, -0.2) is 0 Å². The predicted molar refractivity (Wildman–Crippen MR) is 86.6 cm³/mol. The van der Waals surface area contributed by atoms with Gasteiger partial charge in [0.1, 0.15) is 0 Å². The molecule has 6 nitrogen and oxygen atoms in total. The Labute approximate surface area is 131 Å². The van der Waals surface area contributed by atoms with E-state index in [0.29, 0.717) is 13.2 Å². The quantitative estimate of drug-likeness (QED) is 0.566. The van der Waals surface area contributed by atoms with E-state index in [-0.39, 0.29) is 0 Å². The molecule has 1 saturated heterocycles. The van der Waals surface area contributed by atoms with E-state index in [4.69, 9.17) is 22.4 Å². The maximum absolute atomic E-state index is 5.93. The van der Waals surface area contributed by atoms with Crippen LogP contribution < -0.4 is 0 Å². The summed E-state index contributed by atoms with van der Waals surface area (Å²) in [4.78, 5) is 0. The first-order valence-corrected chi connectivity index (χ1v) is 12.3. The van der Waals surface area contributed by atoms with Crippen LogP contribution in [0.5, 0.6) is 0 Å². The molecule has 1 aliphatic heterocycles. The number of hydrogen-bond donors (Lipinski definition) is 0. The summed E-state index contributed by atoms with van der Waals surface area (Å²) >= 11 is 0. The number of ether oxygens (including phenoxy) is 1. The summed E-state index contributed by atoms with van der Waals surface area (Å²) in [5, 5.41) is 0. The van der Waals surface area contributed by atoms with Crippen LogP contribution in [0.15, 0.2) is 0 Å². The van der Waals surface area contributed by atoms with Gasteiger partial charge in [-0.3, -0.25) is 4.57 Å². The van der Waals surface area contributed by atoms with Crippen molar-refractivity contribution in [3.8, 4) is 0 Å². The van der Waals surface area contributed by atoms with Gasteiger partial charge in [-0.15, -0.1) is 0 Å². The van der Waals surface area contributed by atoms with Gasteiger partial charge in [-0.1, -0.05) is 0 Å². The predicted octanol–water partition coefficient (Wildman–Crippen LogP) is 1.70. The second-order valence-electron chi connectivity index (χ2n) is 5.22. The van der Waals surface area contributed by atoms with E-state index in [1.807, 2.05) is 13.8 Å². The van der Waals surface area contributed by atoms with Gasteiger partial charge in [0.25, 0.3) is 0 Å². The monoisotopic (exact) mass is 337 g/mol. The van der Waals surface area contributed by atoms with Gasteiger partial charge in [-0.2, -0.15) is 0 Å². The second kappa shape index (κ2) is 9.36. The van der Waals surface area contributed by atoms with Crippen LogP contribution in [0.3, 0.4) is 0 Å². The fourth-order valence-electron chi connectivity index (χ4n) is 2.79. The fourth-order valence-corrected chi connectivity index (χ4v) is 9.73. The summed E-state index contributed by atoms with van der Waals surface area (Å²) in [6, 6.07) is 1.75. The Bertz CT molecular complexity index is 280. The van der Waals surface area contributed by atoms with E-state index in [1.165, 1.54) is 0 Å². The van der Waals surface area contributed by atoms with Crippen molar-refractivity contribution in [1.82, 2.24) is 4.57 Å². The summed E-state index contributed by atoms with van der Waals surface area (Å²) in [6.45, 7) is 10.8. The Hall–Kier alpha value is 0.194. The third-order valence-corrected chi connectivity index (χ3v) is 11.0. The van der Waals surface area contributed by atoms with Gasteiger partial charge < -0.3 is 22.4 Å². The first-order valence-electron chi connectivity index (χ1n) is 7.77. The zero-order valence-electron chi connectivity index (χ0n) is 14.1. The largest absolute Gasteiger partial charge is 0.427 e. The van der Waals surface area contributed by atoms with Crippen LogP contribution in [0.1, 0.15) is 13.8 Å². The number of nitrogens with zero attached hydrogens (tertiary/aromatic N) is 1. The smallest absolute Gasteiger partial charge is 0.395 e. The van der Waals surface area contributed by atoms with Crippen molar-refractivity contribution in [2.45, 2.75) is 32.5 Å². The molecule has 1 rings (SSSR count). The minimum Gasteiger partial charge on any atom is -0.395 e. The Balaban J connectivity index is 2.71. The highest BCUT2D eigenvalue weighted by atomic mass is 28.4. The normalized spacial score (nSPS) is 18.1. The van der Waals surface area contributed by atoms with Crippen LogP contribution in [0.25, 0.3) is 0 Å². The molecule has 0 aliphatic carbocycles. The Morgan fingerprint density at radius 3 is 1.90 bits per heavy atom. The Kier molecular flexibility index (Phi) is 8.58. The van der Waals surface area contributed by atoms with Crippen molar-refractivity contribution in [2.75, 3.05) is 53.7 Å². The molecule has 8 heteroatoms. The number of rotatable bonds is 10. The molecule has 0 aromatic carbocycles. The summed E-state index contributed by atoms with van der Waals surface area (Å²) < 4.78 is 31.4. The maximum atomic E-state index is 5.93. The molecule has 126 valence electrons. The molecule has 0 aromatic rings. The molecule has 1 heterocycles. The molecular formula is C13H31NO5Si2. The standard InChI is InChI=1S/C13H31NO5Si2/c1-6-18-20(5,19-7-2)12-13-21(15-3,16-4)14-8-10-17-11-9-14/h6-13H2,1-5H3. The molecule has 0 saturated carbocycles. The lowest BCUT2D eigenvalue weighted by atomic mass is 10.5. The average Bonchev–Trinajstić information content (AvgIpc) is 2.50. The molecule has 0 spiro atoms. The van der Waals surface area contributed by atoms with Gasteiger partial charge in [0, 0.05) is 46.6 Å². The van der Waals surface area contributed by atoms with Crippen molar-refractivity contribution in [2.24, 2.45) is 0 Å².